The van der Waals surface area contributed by atoms with Gasteiger partial charge in [-0.05, 0) is 12.1 Å². The van der Waals surface area contributed by atoms with Crippen molar-refractivity contribution in [2.24, 2.45) is 0 Å². The molecule has 3 N–H and O–H groups in total. The van der Waals surface area contributed by atoms with Crippen LogP contribution in [0.3, 0.4) is 0 Å². The number of fused-ring (bicyclic) bond motifs is 2. The molecule has 2 heterocycles. The fourth-order valence-corrected chi connectivity index (χ4v) is 5.41. The molecule has 0 bridgehead atoms. The first kappa shape index (κ1) is 18.2. The monoisotopic (exact) mass is 399 g/mol. The number of thioether (sulfide) groups is 1. The average Bonchev–Trinajstić information content (AvgIpc) is 3.22. The number of hydrogen-bond donors (Lipinski definition) is 2. The molecule has 2 atom stereocenters. The summed E-state index contributed by atoms with van der Waals surface area (Å²) in [5.41, 5.74) is 4.17. The summed E-state index contributed by atoms with van der Waals surface area (Å²) in [7, 11) is 0. The summed E-state index contributed by atoms with van der Waals surface area (Å²) in [6.07, 6.45) is 2.92. The SMILES string of the molecule is O=C(c1c[nH]c2ccccc12)[C@@H]([NH2+][C@@H]1CCSc2ccccc21)c1ccccc1. The number of quaternary nitrogens is 1. The molecule has 29 heavy (non-hydrogen) atoms. The van der Waals surface area contributed by atoms with E-state index in [9.17, 15) is 4.79 Å². The lowest BCUT2D eigenvalue weighted by molar-refractivity contribution is -0.721. The maximum absolute atomic E-state index is 13.7. The van der Waals surface area contributed by atoms with Gasteiger partial charge in [-0.15, -0.1) is 11.8 Å². The van der Waals surface area contributed by atoms with Crippen LogP contribution in [-0.4, -0.2) is 16.5 Å². The van der Waals surface area contributed by atoms with Crippen LogP contribution >= 0.6 is 11.8 Å². The fraction of sp³-hybridized carbons (Fsp3) is 0.160. The molecule has 0 amide bonds. The number of nitrogens with two attached hydrogens (primary N) is 1. The van der Waals surface area contributed by atoms with E-state index in [0.717, 1.165) is 34.2 Å². The number of carbonyl (C=O) groups excluding carboxylic acids is 1. The fourth-order valence-electron chi connectivity index (χ4n) is 4.26. The average molecular weight is 400 g/mol. The van der Waals surface area contributed by atoms with E-state index in [4.69, 9.17) is 0 Å². The van der Waals surface area contributed by atoms with Gasteiger partial charge in [-0.3, -0.25) is 4.79 Å². The second-order valence-electron chi connectivity index (χ2n) is 7.47. The van der Waals surface area contributed by atoms with Gasteiger partial charge in [0, 0.05) is 50.9 Å². The second-order valence-corrected chi connectivity index (χ2v) is 8.61. The van der Waals surface area contributed by atoms with E-state index < -0.39 is 0 Å². The van der Waals surface area contributed by atoms with Crippen LogP contribution < -0.4 is 5.32 Å². The molecule has 5 rings (SSSR count). The number of aromatic nitrogens is 1. The van der Waals surface area contributed by atoms with Crippen molar-refractivity contribution < 1.29 is 10.1 Å². The molecule has 0 saturated carbocycles. The number of rotatable bonds is 5. The van der Waals surface area contributed by atoms with E-state index in [0.29, 0.717) is 0 Å². The predicted molar refractivity (Wildman–Crippen MR) is 118 cm³/mol. The quantitative estimate of drug-likeness (QED) is 0.469. The van der Waals surface area contributed by atoms with Gasteiger partial charge in [-0.2, -0.15) is 0 Å². The molecule has 3 nitrogen and oxygen atoms in total. The minimum Gasteiger partial charge on any atom is -0.360 e. The van der Waals surface area contributed by atoms with Gasteiger partial charge in [-0.1, -0.05) is 66.7 Å². The number of aromatic amines is 1. The number of ketones is 1. The molecule has 4 heteroatoms. The first-order valence-electron chi connectivity index (χ1n) is 10.0. The lowest BCUT2D eigenvalue weighted by atomic mass is 9.94. The Kier molecular flexibility index (Phi) is 4.96. The van der Waals surface area contributed by atoms with E-state index in [1.807, 2.05) is 60.4 Å². The first-order valence-corrected chi connectivity index (χ1v) is 11.0. The van der Waals surface area contributed by atoms with Gasteiger partial charge in [0.15, 0.2) is 6.04 Å². The van der Waals surface area contributed by atoms with Crippen molar-refractivity contribution in [1.29, 1.82) is 0 Å². The Labute approximate surface area is 174 Å². The normalized spacial score (nSPS) is 17.0. The molecule has 0 unspecified atom stereocenters. The molecule has 3 aromatic carbocycles. The van der Waals surface area contributed by atoms with Crippen molar-refractivity contribution >= 4 is 28.4 Å². The molecular formula is C25H23N2OS+. The number of benzene rings is 3. The van der Waals surface area contributed by atoms with Crippen molar-refractivity contribution in [3.63, 3.8) is 0 Å². The first-order chi connectivity index (χ1) is 14.3. The van der Waals surface area contributed by atoms with Gasteiger partial charge in [0.1, 0.15) is 6.04 Å². The molecule has 1 aliphatic rings. The molecule has 0 aliphatic carbocycles. The van der Waals surface area contributed by atoms with Crippen LogP contribution in [0.5, 0.6) is 0 Å². The van der Waals surface area contributed by atoms with Crippen molar-refractivity contribution in [2.75, 3.05) is 5.75 Å². The van der Waals surface area contributed by atoms with Crippen molar-refractivity contribution in [3.8, 4) is 0 Å². The Morgan fingerprint density at radius 2 is 1.72 bits per heavy atom. The third-order valence-electron chi connectivity index (χ3n) is 5.73. The third kappa shape index (κ3) is 3.50. The zero-order valence-corrected chi connectivity index (χ0v) is 16.9. The Bertz CT molecular complexity index is 1150. The highest BCUT2D eigenvalue weighted by Gasteiger charge is 2.33. The van der Waals surface area contributed by atoms with Crippen LogP contribution in [0.25, 0.3) is 10.9 Å². The van der Waals surface area contributed by atoms with Crippen molar-refractivity contribution in [3.05, 3.63) is 102 Å². The van der Waals surface area contributed by atoms with E-state index >= 15 is 0 Å². The highest BCUT2D eigenvalue weighted by molar-refractivity contribution is 7.99. The van der Waals surface area contributed by atoms with Crippen LogP contribution in [0.4, 0.5) is 0 Å². The Morgan fingerprint density at radius 3 is 2.62 bits per heavy atom. The summed E-state index contributed by atoms with van der Waals surface area (Å²) in [6, 6.07) is 26.8. The molecular weight excluding hydrogens is 376 g/mol. The van der Waals surface area contributed by atoms with E-state index in [1.165, 1.54) is 10.5 Å². The highest BCUT2D eigenvalue weighted by Crippen LogP contribution is 2.34. The molecule has 0 spiro atoms. The van der Waals surface area contributed by atoms with Crippen molar-refractivity contribution in [2.45, 2.75) is 23.4 Å². The smallest absolute Gasteiger partial charge is 0.226 e. The molecule has 4 aromatic rings. The number of carbonyl (C=O) groups is 1. The molecule has 1 aromatic heterocycles. The summed E-state index contributed by atoms with van der Waals surface area (Å²) in [5, 5.41) is 3.27. The van der Waals surface area contributed by atoms with Crippen LogP contribution in [0, 0.1) is 0 Å². The number of nitrogens with one attached hydrogen (secondary N) is 1. The van der Waals surface area contributed by atoms with Gasteiger partial charge in [-0.25, -0.2) is 0 Å². The molecule has 1 aliphatic heterocycles. The number of Topliss-reactive ketones (excluding diaryl/α,β-unsaturated/α-hetero) is 1. The minimum atomic E-state index is -0.267. The van der Waals surface area contributed by atoms with Crippen LogP contribution in [0.15, 0.2) is 90.0 Å². The largest absolute Gasteiger partial charge is 0.360 e. The molecule has 0 saturated heterocycles. The summed E-state index contributed by atoms with van der Waals surface area (Å²) >= 11 is 1.91. The van der Waals surface area contributed by atoms with E-state index in [-0.39, 0.29) is 17.9 Å². The van der Waals surface area contributed by atoms with Gasteiger partial charge < -0.3 is 10.3 Å². The summed E-state index contributed by atoms with van der Waals surface area (Å²) in [4.78, 5) is 18.3. The molecule has 0 fully saturated rings. The van der Waals surface area contributed by atoms with Crippen LogP contribution in [-0.2, 0) is 0 Å². The number of para-hydroxylation sites is 1. The minimum absolute atomic E-state index is 0.157. The van der Waals surface area contributed by atoms with Crippen LogP contribution in [0.2, 0.25) is 0 Å². The van der Waals surface area contributed by atoms with Gasteiger partial charge in [0.25, 0.3) is 0 Å². The zero-order valence-electron chi connectivity index (χ0n) is 16.0. The lowest BCUT2D eigenvalue weighted by Gasteiger charge is -2.27. The second kappa shape index (κ2) is 7.90. The van der Waals surface area contributed by atoms with E-state index in [2.05, 4.69) is 46.7 Å². The summed E-state index contributed by atoms with van der Waals surface area (Å²) in [6.45, 7) is 0. The standard InChI is InChI=1S/C25H22N2OS/c28-25(20-16-26-21-12-6-4-10-18(20)21)24(17-8-2-1-3-9-17)27-22-14-15-29-23-13-7-5-11-19(22)23/h1-13,16,22,24,26-27H,14-15H2/p+1/t22-,24+/m1/s1. The third-order valence-corrected chi connectivity index (χ3v) is 6.85. The van der Waals surface area contributed by atoms with E-state index in [1.54, 1.807) is 0 Å². The lowest BCUT2D eigenvalue weighted by Crippen LogP contribution is -2.88. The Hall–Kier alpha value is -2.82. The Morgan fingerprint density at radius 1 is 0.966 bits per heavy atom. The Balaban J connectivity index is 1.54. The van der Waals surface area contributed by atoms with Gasteiger partial charge in [0.05, 0.1) is 0 Å². The summed E-state index contributed by atoms with van der Waals surface area (Å²) < 4.78 is 0. The number of hydrogen-bond acceptors (Lipinski definition) is 2. The summed E-state index contributed by atoms with van der Waals surface area (Å²) in [5.74, 6) is 1.24. The van der Waals surface area contributed by atoms with Gasteiger partial charge in [0.2, 0.25) is 5.78 Å². The maximum Gasteiger partial charge on any atom is 0.226 e. The maximum atomic E-state index is 13.7. The predicted octanol–water partition coefficient (Wildman–Crippen LogP) is 4.89. The number of H-pyrrole nitrogens is 1. The van der Waals surface area contributed by atoms with Crippen LogP contribution in [0.1, 0.15) is 40.0 Å². The zero-order chi connectivity index (χ0) is 19.6. The molecule has 144 valence electrons. The van der Waals surface area contributed by atoms with Gasteiger partial charge >= 0.3 is 0 Å². The van der Waals surface area contributed by atoms with Crippen molar-refractivity contribution in [1.82, 2.24) is 4.98 Å². The molecule has 0 radical (unpaired) electrons. The topological polar surface area (TPSA) is 49.5 Å². The highest BCUT2D eigenvalue weighted by atomic mass is 32.2.